The van der Waals surface area contributed by atoms with Crippen LogP contribution in [-0.4, -0.2) is 33.6 Å². The van der Waals surface area contributed by atoms with Gasteiger partial charge in [0.1, 0.15) is 12.0 Å². The van der Waals surface area contributed by atoms with E-state index >= 15 is 0 Å². The summed E-state index contributed by atoms with van der Waals surface area (Å²) >= 11 is 0. The molecule has 0 atom stereocenters. The lowest BCUT2D eigenvalue weighted by atomic mass is 9.98. The number of rotatable bonds is 3. The molecule has 110 valence electrons. The van der Waals surface area contributed by atoms with Crippen molar-refractivity contribution in [1.29, 1.82) is 0 Å². The zero-order valence-electron chi connectivity index (χ0n) is 12.6. The number of methoxy groups -OCH3 is 1. The van der Waals surface area contributed by atoms with E-state index in [0.29, 0.717) is 23.3 Å². The Morgan fingerprint density at radius 2 is 2.10 bits per heavy atom. The van der Waals surface area contributed by atoms with E-state index in [9.17, 15) is 0 Å². The van der Waals surface area contributed by atoms with Gasteiger partial charge >= 0.3 is 0 Å². The van der Waals surface area contributed by atoms with Crippen molar-refractivity contribution in [1.82, 2.24) is 25.3 Å². The number of nitrogens with one attached hydrogen (secondary N) is 1. The number of hydrogen-bond donors (Lipinski definition) is 1. The van der Waals surface area contributed by atoms with Crippen molar-refractivity contribution in [2.24, 2.45) is 0 Å². The molecule has 0 radical (unpaired) electrons. The first-order chi connectivity index (χ1) is 10.2. The fourth-order valence-corrected chi connectivity index (χ4v) is 2.53. The summed E-state index contributed by atoms with van der Waals surface area (Å²) < 4.78 is 5.15. The standard InChI is InChI=1S/C15H19N5O/c1-9(2)14-10-7-16-5-4-11(10)19-15(20-14)12-6-13(21-3)18-8-17-12/h6,8-9,16H,4-5,7H2,1-3H3. The summed E-state index contributed by atoms with van der Waals surface area (Å²) in [6.07, 6.45) is 2.40. The van der Waals surface area contributed by atoms with E-state index in [1.54, 1.807) is 13.2 Å². The van der Waals surface area contributed by atoms with Gasteiger partial charge in [-0.05, 0) is 5.92 Å². The van der Waals surface area contributed by atoms with Crippen LogP contribution in [0.1, 0.15) is 36.7 Å². The van der Waals surface area contributed by atoms with E-state index in [1.807, 2.05) is 0 Å². The number of hydrogen-bond acceptors (Lipinski definition) is 6. The molecule has 0 saturated carbocycles. The molecule has 0 amide bonds. The molecule has 2 aromatic rings. The third-order valence-electron chi connectivity index (χ3n) is 3.59. The molecule has 0 unspecified atom stereocenters. The molecule has 2 aromatic heterocycles. The van der Waals surface area contributed by atoms with Gasteiger partial charge in [0.2, 0.25) is 5.88 Å². The Bertz CT molecular complexity index is 657. The van der Waals surface area contributed by atoms with Crippen LogP contribution in [0.5, 0.6) is 5.88 Å². The van der Waals surface area contributed by atoms with E-state index in [0.717, 1.165) is 30.9 Å². The smallest absolute Gasteiger partial charge is 0.216 e. The summed E-state index contributed by atoms with van der Waals surface area (Å²) in [5.74, 6) is 1.53. The Labute approximate surface area is 124 Å². The van der Waals surface area contributed by atoms with E-state index in [-0.39, 0.29) is 0 Å². The predicted octanol–water partition coefficient (Wildman–Crippen LogP) is 1.71. The van der Waals surface area contributed by atoms with Crippen molar-refractivity contribution in [3.05, 3.63) is 29.3 Å². The largest absolute Gasteiger partial charge is 0.481 e. The lowest BCUT2D eigenvalue weighted by Crippen LogP contribution is -2.27. The second-order valence-corrected chi connectivity index (χ2v) is 5.38. The lowest BCUT2D eigenvalue weighted by molar-refractivity contribution is 0.397. The maximum absolute atomic E-state index is 5.15. The quantitative estimate of drug-likeness (QED) is 0.925. The van der Waals surface area contributed by atoms with Crippen LogP contribution in [0.15, 0.2) is 12.4 Å². The number of fused-ring (bicyclic) bond motifs is 1. The summed E-state index contributed by atoms with van der Waals surface area (Å²) in [7, 11) is 1.59. The minimum atomic E-state index is 0.351. The van der Waals surface area contributed by atoms with Gasteiger partial charge in [0, 0.05) is 31.1 Å². The van der Waals surface area contributed by atoms with Crippen LogP contribution < -0.4 is 10.1 Å². The first-order valence-electron chi connectivity index (χ1n) is 7.16. The van der Waals surface area contributed by atoms with E-state index in [2.05, 4.69) is 29.1 Å². The molecular formula is C15H19N5O. The first-order valence-corrected chi connectivity index (χ1v) is 7.16. The highest BCUT2D eigenvalue weighted by Gasteiger charge is 2.20. The Morgan fingerprint density at radius 1 is 1.24 bits per heavy atom. The average Bonchev–Trinajstić information content (AvgIpc) is 2.53. The van der Waals surface area contributed by atoms with Gasteiger partial charge in [-0.25, -0.2) is 19.9 Å². The monoisotopic (exact) mass is 285 g/mol. The molecule has 0 bridgehead atoms. The van der Waals surface area contributed by atoms with Crippen molar-refractivity contribution < 1.29 is 4.74 Å². The van der Waals surface area contributed by atoms with Gasteiger partial charge in [0.05, 0.1) is 18.5 Å². The molecule has 0 aliphatic carbocycles. The molecule has 6 heteroatoms. The maximum Gasteiger partial charge on any atom is 0.216 e. The van der Waals surface area contributed by atoms with Crippen molar-refractivity contribution in [2.75, 3.05) is 13.7 Å². The Balaban J connectivity index is 2.12. The van der Waals surface area contributed by atoms with Gasteiger partial charge in [-0.3, -0.25) is 0 Å². The van der Waals surface area contributed by atoms with Crippen molar-refractivity contribution in [2.45, 2.75) is 32.7 Å². The summed E-state index contributed by atoms with van der Waals surface area (Å²) in [6, 6.07) is 1.77. The SMILES string of the molecule is COc1cc(-c2nc3c(c(C(C)C)n2)CNCC3)ncn1. The summed E-state index contributed by atoms with van der Waals surface area (Å²) in [6.45, 7) is 6.10. The average molecular weight is 285 g/mol. The highest BCUT2D eigenvalue weighted by atomic mass is 16.5. The van der Waals surface area contributed by atoms with Crippen LogP contribution in [0.4, 0.5) is 0 Å². The molecule has 3 rings (SSSR count). The number of nitrogens with zero attached hydrogens (tertiary/aromatic N) is 4. The normalized spacial score (nSPS) is 14.1. The van der Waals surface area contributed by atoms with Crippen LogP contribution in [0.2, 0.25) is 0 Å². The summed E-state index contributed by atoms with van der Waals surface area (Å²) in [4.78, 5) is 17.7. The summed E-state index contributed by atoms with van der Waals surface area (Å²) in [5, 5.41) is 3.39. The van der Waals surface area contributed by atoms with E-state index < -0.39 is 0 Å². The van der Waals surface area contributed by atoms with Gasteiger partial charge in [-0.1, -0.05) is 13.8 Å². The van der Waals surface area contributed by atoms with Crippen LogP contribution in [0.25, 0.3) is 11.5 Å². The van der Waals surface area contributed by atoms with Crippen LogP contribution in [0, 0.1) is 0 Å². The van der Waals surface area contributed by atoms with Gasteiger partial charge in [-0.2, -0.15) is 0 Å². The molecule has 3 heterocycles. The van der Waals surface area contributed by atoms with Crippen LogP contribution in [0.3, 0.4) is 0 Å². The fraction of sp³-hybridized carbons (Fsp3) is 0.467. The minimum absolute atomic E-state index is 0.351. The highest BCUT2D eigenvalue weighted by Crippen LogP contribution is 2.26. The van der Waals surface area contributed by atoms with Crippen molar-refractivity contribution >= 4 is 0 Å². The molecular weight excluding hydrogens is 266 g/mol. The molecule has 1 N–H and O–H groups in total. The topological polar surface area (TPSA) is 72.8 Å². The third kappa shape index (κ3) is 2.71. The molecule has 0 saturated heterocycles. The van der Waals surface area contributed by atoms with Crippen molar-refractivity contribution in [3.63, 3.8) is 0 Å². The van der Waals surface area contributed by atoms with Gasteiger partial charge in [0.15, 0.2) is 5.82 Å². The number of ether oxygens (including phenoxy) is 1. The highest BCUT2D eigenvalue weighted by molar-refractivity contribution is 5.52. The first kappa shape index (κ1) is 13.9. The molecule has 1 aliphatic heterocycles. The van der Waals surface area contributed by atoms with Crippen LogP contribution >= 0.6 is 0 Å². The molecule has 0 fully saturated rings. The molecule has 1 aliphatic rings. The molecule has 0 aromatic carbocycles. The molecule has 6 nitrogen and oxygen atoms in total. The lowest BCUT2D eigenvalue weighted by Gasteiger charge is -2.21. The van der Waals surface area contributed by atoms with Crippen LogP contribution in [-0.2, 0) is 13.0 Å². The predicted molar refractivity (Wildman–Crippen MR) is 79.1 cm³/mol. The van der Waals surface area contributed by atoms with E-state index in [4.69, 9.17) is 14.7 Å². The Kier molecular flexibility index (Phi) is 3.79. The Hall–Kier alpha value is -2.08. The zero-order valence-corrected chi connectivity index (χ0v) is 12.6. The Morgan fingerprint density at radius 3 is 2.86 bits per heavy atom. The van der Waals surface area contributed by atoms with Gasteiger partial charge < -0.3 is 10.1 Å². The molecule has 0 spiro atoms. The zero-order chi connectivity index (χ0) is 14.8. The fourth-order valence-electron chi connectivity index (χ4n) is 2.53. The van der Waals surface area contributed by atoms with Gasteiger partial charge in [-0.15, -0.1) is 0 Å². The molecule has 21 heavy (non-hydrogen) atoms. The second kappa shape index (κ2) is 5.73. The minimum Gasteiger partial charge on any atom is -0.481 e. The second-order valence-electron chi connectivity index (χ2n) is 5.38. The summed E-state index contributed by atoms with van der Waals surface area (Å²) in [5.41, 5.74) is 4.16. The third-order valence-corrected chi connectivity index (χ3v) is 3.59. The van der Waals surface area contributed by atoms with E-state index in [1.165, 1.54) is 11.9 Å². The number of aromatic nitrogens is 4. The van der Waals surface area contributed by atoms with Gasteiger partial charge in [0.25, 0.3) is 0 Å². The maximum atomic E-state index is 5.15. The van der Waals surface area contributed by atoms with Crippen molar-refractivity contribution in [3.8, 4) is 17.4 Å².